The van der Waals surface area contributed by atoms with Crippen LogP contribution in [0, 0.1) is 0 Å². The molecule has 0 aliphatic heterocycles. The Labute approximate surface area is 102 Å². The minimum absolute atomic E-state index is 0.643. The number of halogens is 2. The number of aryl methyl sites for hydroxylation is 1. The van der Waals surface area contributed by atoms with E-state index >= 15 is 0 Å². The molecule has 0 radical (unpaired) electrons. The average molecular weight is 337 g/mol. The van der Waals surface area contributed by atoms with Crippen molar-refractivity contribution >= 4 is 49.0 Å². The lowest BCUT2D eigenvalue weighted by atomic mass is 10.3. The Morgan fingerprint density at radius 1 is 1.43 bits per heavy atom. The molecule has 14 heavy (non-hydrogen) atoms. The van der Waals surface area contributed by atoms with Crippen LogP contribution in [0.4, 0.5) is 5.82 Å². The Kier molecular flexibility index (Phi) is 2.68. The zero-order chi connectivity index (χ0) is 10.3. The highest BCUT2D eigenvalue weighted by atomic mass is 79.9. The molecule has 0 unspecified atom stereocenters. The van der Waals surface area contributed by atoms with Crippen LogP contribution in [0.1, 0.15) is 0 Å². The van der Waals surface area contributed by atoms with E-state index in [-0.39, 0.29) is 0 Å². The maximum Gasteiger partial charge on any atom is 0.136 e. The maximum atomic E-state index is 5.79. The second kappa shape index (κ2) is 3.67. The monoisotopic (exact) mass is 335 g/mol. The van der Waals surface area contributed by atoms with Crippen LogP contribution in [0.15, 0.2) is 20.4 Å². The van der Waals surface area contributed by atoms with E-state index < -0.39 is 0 Å². The molecule has 0 aromatic carbocycles. The largest absolute Gasteiger partial charge is 0.383 e. The van der Waals surface area contributed by atoms with Gasteiger partial charge in [-0.25, -0.2) is 0 Å². The summed E-state index contributed by atoms with van der Waals surface area (Å²) in [7, 11) is 1.83. The number of thiophene rings is 1. The zero-order valence-corrected chi connectivity index (χ0v) is 11.3. The van der Waals surface area contributed by atoms with Crippen molar-refractivity contribution in [2.24, 2.45) is 7.05 Å². The molecular weight excluding hydrogens is 330 g/mol. The number of rotatable bonds is 1. The molecule has 0 atom stereocenters. The molecule has 2 rings (SSSR count). The molecule has 0 bridgehead atoms. The van der Waals surface area contributed by atoms with Gasteiger partial charge in [0.15, 0.2) is 0 Å². The molecule has 0 aliphatic carbocycles. The van der Waals surface area contributed by atoms with Crippen LogP contribution in [0.5, 0.6) is 0 Å². The van der Waals surface area contributed by atoms with Gasteiger partial charge in [-0.05, 0) is 44.0 Å². The molecule has 2 aromatic rings. The van der Waals surface area contributed by atoms with E-state index in [1.807, 2.05) is 19.2 Å². The normalized spacial score (nSPS) is 10.8. The van der Waals surface area contributed by atoms with Crippen LogP contribution in [0.2, 0.25) is 0 Å². The predicted molar refractivity (Wildman–Crippen MR) is 66.3 cm³/mol. The van der Waals surface area contributed by atoms with E-state index in [9.17, 15) is 0 Å². The highest BCUT2D eigenvalue weighted by molar-refractivity contribution is 9.11. The molecule has 0 saturated heterocycles. The van der Waals surface area contributed by atoms with Crippen molar-refractivity contribution in [3.05, 3.63) is 20.4 Å². The third kappa shape index (κ3) is 1.62. The van der Waals surface area contributed by atoms with Crippen molar-refractivity contribution in [3.63, 3.8) is 0 Å². The predicted octanol–water partition coefficient (Wildman–Crippen LogP) is 3.26. The van der Waals surface area contributed by atoms with Gasteiger partial charge in [-0.1, -0.05) is 0 Å². The number of nitrogens with zero attached hydrogens (tertiary/aromatic N) is 2. The molecule has 0 saturated carbocycles. The summed E-state index contributed by atoms with van der Waals surface area (Å²) < 4.78 is 3.60. The van der Waals surface area contributed by atoms with Gasteiger partial charge in [0.05, 0.1) is 13.1 Å². The zero-order valence-electron chi connectivity index (χ0n) is 7.29. The second-order valence-electron chi connectivity index (χ2n) is 2.78. The van der Waals surface area contributed by atoms with Crippen LogP contribution in [0.3, 0.4) is 0 Å². The lowest BCUT2D eigenvalue weighted by Crippen LogP contribution is -1.96. The van der Waals surface area contributed by atoms with Crippen molar-refractivity contribution in [2.45, 2.75) is 0 Å². The minimum atomic E-state index is 0.643. The summed E-state index contributed by atoms with van der Waals surface area (Å²) >= 11 is 8.48. The first-order valence-electron chi connectivity index (χ1n) is 3.83. The average Bonchev–Trinajstić information content (AvgIpc) is 2.66. The highest BCUT2D eigenvalue weighted by Crippen LogP contribution is 2.36. The maximum absolute atomic E-state index is 5.79. The van der Waals surface area contributed by atoms with Crippen molar-refractivity contribution in [3.8, 4) is 10.6 Å². The Bertz CT molecular complexity index is 475. The molecule has 0 fully saturated rings. The fourth-order valence-electron chi connectivity index (χ4n) is 1.11. The third-order valence-corrected chi connectivity index (χ3v) is 4.25. The van der Waals surface area contributed by atoms with Crippen molar-refractivity contribution in [2.75, 3.05) is 5.73 Å². The summed E-state index contributed by atoms with van der Waals surface area (Å²) in [5, 5.41) is 4.33. The summed E-state index contributed by atoms with van der Waals surface area (Å²) in [4.78, 5) is 1.09. The third-order valence-electron chi connectivity index (χ3n) is 1.84. The summed E-state index contributed by atoms with van der Waals surface area (Å²) in [5.41, 5.74) is 6.68. The first-order chi connectivity index (χ1) is 6.59. The van der Waals surface area contributed by atoms with Gasteiger partial charge < -0.3 is 5.73 Å². The molecule has 2 heterocycles. The molecule has 0 amide bonds. The molecular formula is C8H7Br2N3S. The number of hydrogen-bond donors (Lipinski definition) is 1. The highest BCUT2D eigenvalue weighted by Gasteiger charge is 2.14. The number of aromatic nitrogens is 2. The van der Waals surface area contributed by atoms with Gasteiger partial charge in [-0.15, -0.1) is 11.3 Å². The molecule has 74 valence electrons. The van der Waals surface area contributed by atoms with E-state index in [0.717, 1.165) is 18.8 Å². The van der Waals surface area contributed by atoms with Gasteiger partial charge >= 0.3 is 0 Å². The van der Waals surface area contributed by atoms with Crippen molar-refractivity contribution < 1.29 is 0 Å². The Hall–Kier alpha value is -0.330. The quantitative estimate of drug-likeness (QED) is 0.868. The van der Waals surface area contributed by atoms with Crippen molar-refractivity contribution in [1.82, 2.24) is 9.78 Å². The molecule has 6 heteroatoms. The lowest BCUT2D eigenvalue weighted by Gasteiger charge is -1.90. The van der Waals surface area contributed by atoms with E-state index in [1.54, 1.807) is 16.0 Å². The van der Waals surface area contributed by atoms with Gasteiger partial charge in [-0.2, -0.15) is 5.10 Å². The molecule has 2 aromatic heterocycles. The van der Waals surface area contributed by atoms with E-state index in [0.29, 0.717) is 5.82 Å². The smallest absolute Gasteiger partial charge is 0.136 e. The van der Waals surface area contributed by atoms with Crippen molar-refractivity contribution in [1.29, 1.82) is 0 Å². The van der Waals surface area contributed by atoms with Gasteiger partial charge in [0.25, 0.3) is 0 Å². The number of hydrogen-bond acceptors (Lipinski definition) is 3. The fourth-order valence-corrected chi connectivity index (χ4v) is 3.17. The van der Waals surface area contributed by atoms with Gasteiger partial charge in [0.2, 0.25) is 0 Å². The summed E-state index contributed by atoms with van der Waals surface area (Å²) in [6.45, 7) is 0. The summed E-state index contributed by atoms with van der Waals surface area (Å²) in [6.07, 6.45) is 0. The molecule has 0 aliphatic rings. The van der Waals surface area contributed by atoms with Gasteiger partial charge in [0, 0.05) is 7.05 Å². The molecule has 0 spiro atoms. The summed E-state index contributed by atoms with van der Waals surface area (Å²) in [5.74, 6) is 0.643. The van der Waals surface area contributed by atoms with E-state index in [1.165, 1.54) is 0 Å². The number of anilines is 1. The van der Waals surface area contributed by atoms with Gasteiger partial charge in [-0.3, -0.25) is 4.68 Å². The van der Waals surface area contributed by atoms with Crippen LogP contribution in [-0.2, 0) is 7.05 Å². The van der Waals surface area contributed by atoms with Crippen LogP contribution < -0.4 is 5.73 Å². The lowest BCUT2D eigenvalue weighted by molar-refractivity contribution is 0.782. The Morgan fingerprint density at radius 3 is 2.57 bits per heavy atom. The first-order valence-corrected chi connectivity index (χ1v) is 6.23. The Balaban J connectivity index is 2.57. The SMILES string of the molecule is Cn1nc(-c2ccc(Br)s2)c(Br)c1N. The standard InChI is InChI=1S/C8H7Br2N3S/c1-13-8(11)6(10)7(12-13)4-2-3-5(9)14-4/h2-3H,11H2,1H3. The number of nitrogen functional groups attached to an aromatic ring is 1. The van der Waals surface area contributed by atoms with Crippen LogP contribution in [-0.4, -0.2) is 9.78 Å². The Morgan fingerprint density at radius 2 is 2.14 bits per heavy atom. The summed E-state index contributed by atoms with van der Waals surface area (Å²) in [6, 6.07) is 4.01. The number of nitrogens with two attached hydrogens (primary N) is 1. The topological polar surface area (TPSA) is 43.8 Å². The van der Waals surface area contributed by atoms with E-state index in [4.69, 9.17) is 5.73 Å². The fraction of sp³-hybridized carbons (Fsp3) is 0.125. The van der Waals surface area contributed by atoms with Crippen LogP contribution in [0.25, 0.3) is 10.6 Å². The minimum Gasteiger partial charge on any atom is -0.383 e. The van der Waals surface area contributed by atoms with Gasteiger partial charge in [0.1, 0.15) is 11.5 Å². The first kappa shape index (κ1) is 10.2. The van der Waals surface area contributed by atoms with Crippen LogP contribution >= 0.6 is 43.2 Å². The second-order valence-corrected chi connectivity index (χ2v) is 6.03. The molecule has 2 N–H and O–H groups in total. The molecule has 3 nitrogen and oxygen atoms in total. The van der Waals surface area contributed by atoms with E-state index in [2.05, 4.69) is 37.0 Å².